The second-order valence-corrected chi connectivity index (χ2v) is 8.92. The van der Waals surface area contributed by atoms with Crippen molar-refractivity contribution in [2.45, 2.75) is 71.1 Å². The number of aromatic nitrogens is 1. The molecule has 1 unspecified atom stereocenters. The minimum Gasteiger partial charge on any atom is -0.444 e. The second kappa shape index (κ2) is 10.6. The molecule has 174 valence electrons. The van der Waals surface area contributed by atoms with Crippen LogP contribution in [0.2, 0.25) is 0 Å². The number of guanidine groups is 1. The Kier molecular flexibility index (Phi) is 8.47. The summed E-state index contributed by atoms with van der Waals surface area (Å²) < 4.78 is 19.5. The Morgan fingerprint density at radius 3 is 2.65 bits per heavy atom. The van der Waals surface area contributed by atoms with E-state index in [1.54, 1.807) is 19.3 Å². The van der Waals surface area contributed by atoms with E-state index in [4.69, 9.17) is 4.74 Å². The van der Waals surface area contributed by atoms with Crippen molar-refractivity contribution in [1.82, 2.24) is 20.9 Å². The SMILES string of the molecule is CCC(CC)(CNC(=NC)NC1CCN(c2ncccc2F)C1)NC(=O)OC(C)(C)C. The number of alkyl carbamates (subject to hydrolysis) is 1. The van der Waals surface area contributed by atoms with Crippen molar-refractivity contribution in [3.05, 3.63) is 24.1 Å². The van der Waals surface area contributed by atoms with Crippen LogP contribution in [0.4, 0.5) is 15.0 Å². The second-order valence-electron chi connectivity index (χ2n) is 8.92. The van der Waals surface area contributed by atoms with Crippen LogP contribution in [-0.4, -0.2) is 60.9 Å². The minimum absolute atomic E-state index is 0.115. The molecule has 0 radical (unpaired) electrons. The van der Waals surface area contributed by atoms with E-state index in [9.17, 15) is 9.18 Å². The molecule has 1 amide bonds. The predicted molar refractivity (Wildman–Crippen MR) is 122 cm³/mol. The van der Waals surface area contributed by atoms with Gasteiger partial charge in [0, 0.05) is 38.9 Å². The number of hydrogen-bond acceptors (Lipinski definition) is 5. The molecule has 0 aromatic carbocycles. The molecular weight excluding hydrogens is 399 g/mol. The highest BCUT2D eigenvalue weighted by Crippen LogP contribution is 2.21. The van der Waals surface area contributed by atoms with Crippen LogP contribution in [0.15, 0.2) is 23.3 Å². The molecule has 9 heteroatoms. The van der Waals surface area contributed by atoms with Crippen molar-refractivity contribution in [2.24, 2.45) is 4.99 Å². The van der Waals surface area contributed by atoms with E-state index in [1.807, 2.05) is 39.5 Å². The lowest BCUT2D eigenvalue weighted by Gasteiger charge is -2.34. The third-order valence-corrected chi connectivity index (χ3v) is 5.51. The zero-order valence-corrected chi connectivity index (χ0v) is 19.6. The molecule has 1 fully saturated rings. The van der Waals surface area contributed by atoms with Gasteiger partial charge in [0.2, 0.25) is 0 Å². The van der Waals surface area contributed by atoms with Gasteiger partial charge in [-0.2, -0.15) is 0 Å². The Bertz CT molecular complexity index is 761. The molecule has 8 nitrogen and oxygen atoms in total. The number of nitrogens with one attached hydrogen (secondary N) is 3. The van der Waals surface area contributed by atoms with Crippen LogP contribution in [0.25, 0.3) is 0 Å². The highest BCUT2D eigenvalue weighted by molar-refractivity contribution is 5.80. The maximum atomic E-state index is 14.0. The van der Waals surface area contributed by atoms with Crippen LogP contribution in [0.3, 0.4) is 0 Å². The number of ether oxygens (including phenoxy) is 1. The highest BCUT2D eigenvalue weighted by Gasteiger charge is 2.31. The van der Waals surface area contributed by atoms with Crippen molar-refractivity contribution >= 4 is 17.9 Å². The molecule has 3 N–H and O–H groups in total. The van der Waals surface area contributed by atoms with Crippen LogP contribution in [0, 0.1) is 5.82 Å². The standard InChI is InChI=1S/C22H37FN6O2/c1-7-22(8-2,28-20(30)31-21(3,4)5)15-26-19(24-6)27-16-11-13-29(14-16)18-17(23)10-9-12-25-18/h9-10,12,16H,7-8,11,13-15H2,1-6H3,(H,28,30)(H2,24,26,27). The van der Waals surface area contributed by atoms with Crippen LogP contribution in [0.5, 0.6) is 0 Å². The molecule has 31 heavy (non-hydrogen) atoms. The van der Waals surface area contributed by atoms with Crippen LogP contribution in [0.1, 0.15) is 53.9 Å². The topological polar surface area (TPSA) is 90.9 Å². The van der Waals surface area contributed by atoms with Gasteiger partial charge in [-0.3, -0.25) is 4.99 Å². The van der Waals surface area contributed by atoms with E-state index >= 15 is 0 Å². The molecule has 1 aromatic rings. The van der Waals surface area contributed by atoms with E-state index in [0.29, 0.717) is 24.9 Å². The number of anilines is 1. The molecule has 0 bridgehead atoms. The minimum atomic E-state index is -0.552. The molecule has 1 aliphatic rings. The zero-order chi connectivity index (χ0) is 23.1. The number of hydrogen-bond donors (Lipinski definition) is 3. The Balaban J connectivity index is 1.93. The summed E-state index contributed by atoms with van der Waals surface area (Å²) in [5, 5.41) is 9.76. The number of carbonyl (C=O) groups excluding carboxylic acids is 1. The fraction of sp³-hybridized carbons (Fsp3) is 0.682. The van der Waals surface area contributed by atoms with Crippen LogP contribution in [-0.2, 0) is 4.74 Å². The van der Waals surface area contributed by atoms with Gasteiger partial charge in [-0.05, 0) is 52.2 Å². The fourth-order valence-corrected chi connectivity index (χ4v) is 3.56. The number of halogens is 1. The first-order chi connectivity index (χ1) is 14.6. The summed E-state index contributed by atoms with van der Waals surface area (Å²) in [4.78, 5) is 22.8. The first-order valence-electron chi connectivity index (χ1n) is 10.9. The lowest BCUT2D eigenvalue weighted by Crippen LogP contribution is -2.57. The van der Waals surface area contributed by atoms with Crippen molar-refractivity contribution in [3.63, 3.8) is 0 Å². The molecular formula is C22H37FN6O2. The normalized spacial score (nSPS) is 17.5. The Labute approximate surface area is 185 Å². The lowest BCUT2D eigenvalue weighted by atomic mass is 9.93. The first-order valence-corrected chi connectivity index (χ1v) is 10.9. The third-order valence-electron chi connectivity index (χ3n) is 5.51. The maximum Gasteiger partial charge on any atom is 0.408 e. The van der Waals surface area contributed by atoms with Gasteiger partial charge in [-0.1, -0.05) is 13.8 Å². The van der Waals surface area contributed by atoms with Gasteiger partial charge in [0.1, 0.15) is 5.60 Å². The first kappa shape index (κ1) is 24.7. The summed E-state index contributed by atoms with van der Waals surface area (Å²) in [6, 6.07) is 3.13. The smallest absolute Gasteiger partial charge is 0.408 e. The van der Waals surface area contributed by atoms with E-state index in [0.717, 1.165) is 25.8 Å². The summed E-state index contributed by atoms with van der Waals surface area (Å²) in [7, 11) is 1.71. The van der Waals surface area contributed by atoms with Gasteiger partial charge in [0.05, 0.1) is 5.54 Å². The molecule has 1 aromatic heterocycles. The van der Waals surface area contributed by atoms with Crippen LogP contribution >= 0.6 is 0 Å². The summed E-state index contributed by atoms with van der Waals surface area (Å²) in [6.45, 7) is 11.5. The zero-order valence-electron chi connectivity index (χ0n) is 19.6. The Morgan fingerprint density at radius 2 is 2.06 bits per heavy atom. The molecule has 0 aliphatic carbocycles. The van der Waals surface area contributed by atoms with Gasteiger partial charge < -0.3 is 25.6 Å². The average molecular weight is 437 g/mol. The predicted octanol–water partition coefficient (Wildman–Crippen LogP) is 3.05. The summed E-state index contributed by atoms with van der Waals surface area (Å²) in [5.41, 5.74) is -1.01. The maximum absolute atomic E-state index is 14.0. The van der Waals surface area contributed by atoms with E-state index < -0.39 is 17.2 Å². The molecule has 0 spiro atoms. The largest absolute Gasteiger partial charge is 0.444 e. The fourth-order valence-electron chi connectivity index (χ4n) is 3.56. The molecule has 2 rings (SSSR count). The monoisotopic (exact) mass is 436 g/mol. The van der Waals surface area contributed by atoms with Crippen molar-refractivity contribution in [2.75, 3.05) is 31.6 Å². The van der Waals surface area contributed by atoms with Gasteiger partial charge in [0.25, 0.3) is 0 Å². The average Bonchev–Trinajstić information content (AvgIpc) is 3.17. The van der Waals surface area contributed by atoms with E-state index in [2.05, 4.69) is 25.9 Å². The number of carbonyl (C=O) groups is 1. The van der Waals surface area contributed by atoms with Gasteiger partial charge in [0.15, 0.2) is 17.6 Å². The quantitative estimate of drug-likeness (QED) is 0.450. The molecule has 1 saturated heterocycles. The van der Waals surface area contributed by atoms with E-state index in [1.165, 1.54) is 6.07 Å². The van der Waals surface area contributed by atoms with Crippen molar-refractivity contribution in [3.8, 4) is 0 Å². The molecule has 0 saturated carbocycles. The van der Waals surface area contributed by atoms with Crippen molar-refractivity contribution < 1.29 is 13.9 Å². The van der Waals surface area contributed by atoms with Gasteiger partial charge in [-0.25, -0.2) is 14.2 Å². The molecule has 1 aliphatic heterocycles. The summed E-state index contributed by atoms with van der Waals surface area (Å²) in [5.74, 6) is 0.715. The number of rotatable bonds is 7. The number of aliphatic imine (C=N–C) groups is 1. The lowest BCUT2D eigenvalue weighted by molar-refractivity contribution is 0.0448. The van der Waals surface area contributed by atoms with Gasteiger partial charge in [-0.15, -0.1) is 0 Å². The summed E-state index contributed by atoms with van der Waals surface area (Å²) in [6.07, 6.45) is 3.50. The number of amides is 1. The van der Waals surface area contributed by atoms with Crippen LogP contribution < -0.4 is 20.9 Å². The van der Waals surface area contributed by atoms with E-state index in [-0.39, 0.29) is 11.9 Å². The molecule has 2 heterocycles. The highest BCUT2D eigenvalue weighted by atomic mass is 19.1. The number of pyridine rings is 1. The number of nitrogens with zero attached hydrogens (tertiary/aromatic N) is 3. The Morgan fingerprint density at radius 1 is 1.35 bits per heavy atom. The van der Waals surface area contributed by atoms with Gasteiger partial charge >= 0.3 is 6.09 Å². The summed E-state index contributed by atoms with van der Waals surface area (Å²) >= 11 is 0. The van der Waals surface area contributed by atoms with Crippen molar-refractivity contribution in [1.29, 1.82) is 0 Å². The molecule has 1 atom stereocenters. The third kappa shape index (κ3) is 7.25. The Hall–Kier alpha value is -2.58.